The lowest BCUT2D eigenvalue weighted by Crippen LogP contribution is -2.40. The molecule has 21 heavy (non-hydrogen) atoms. The number of likely N-dealkylation sites (N-methyl/N-ethyl adjacent to an activating group) is 1. The summed E-state index contributed by atoms with van der Waals surface area (Å²) in [5.41, 5.74) is 1.63. The first-order chi connectivity index (χ1) is 10.1. The molecule has 1 atom stereocenters. The Labute approximate surface area is 130 Å². The monoisotopic (exact) mass is 302 g/mol. The van der Waals surface area contributed by atoms with E-state index in [9.17, 15) is 4.79 Å². The van der Waals surface area contributed by atoms with Gasteiger partial charge in [0.25, 0.3) is 5.91 Å². The van der Waals surface area contributed by atoms with Crippen LogP contribution in [-0.2, 0) is 0 Å². The highest BCUT2D eigenvalue weighted by Gasteiger charge is 2.13. The number of carbonyl (C=O) groups excluding carboxylic acids is 1. The Kier molecular flexibility index (Phi) is 5.23. The van der Waals surface area contributed by atoms with Gasteiger partial charge in [0.1, 0.15) is 0 Å². The molecule has 4 heteroatoms. The smallest absolute Gasteiger partial charge is 0.252 e. The number of nitrogens with one attached hydrogen (secondary N) is 1. The lowest BCUT2D eigenvalue weighted by atomic mass is 10.2. The van der Waals surface area contributed by atoms with Crippen molar-refractivity contribution in [3.8, 4) is 0 Å². The Bertz CT molecular complexity index is 601. The molecule has 1 N–H and O–H groups in total. The number of carbonyl (C=O) groups is 1. The predicted molar refractivity (Wildman–Crippen MR) is 88.1 cm³/mol. The van der Waals surface area contributed by atoms with Gasteiger partial charge < -0.3 is 10.2 Å². The Hall–Kier alpha value is -2.00. The largest absolute Gasteiger partial charge is 0.370 e. The van der Waals surface area contributed by atoms with Crippen molar-refractivity contribution in [2.24, 2.45) is 0 Å². The van der Waals surface area contributed by atoms with Gasteiger partial charge in [0.15, 0.2) is 0 Å². The van der Waals surface area contributed by atoms with Crippen molar-refractivity contribution < 1.29 is 4.79 Å². The van der Waals surface area contributed by atoms with Crippen molar-refractivity contribution in [2.45, 2.75) is 13.0 Å². The zero-order chi connectivity index (χ0) is 15.2. The summed E-state index contributed by atoms with van der Waals surface area (Å²) in [6.45, 7) is 2.62. The molecule has 0 aliphatic heterocycles. The molecule has 2 aromatic carbocycles. The normalized spacial score (nSPS) is 11.8. The van der Waals surface area contributed by atoms with Crippen LogP contribution in [0.25, 0.3) is 0 Å². The molecular formula is C17H19ClN2O. The van der Waals surface area contributed by atoms with E-state index in [4.69, 9.17) is 11.6 Å². The first-order valence-corrected chi connectivity index (χ1v) is 7.28. The number of amides is 1. The number of rotatable bonds is 5. The number of nitrogens with zero attached hydrogens (tertiary/aromatic N) is 1. The molecule has 0 aliphatic carbocycles. The minimum absolute atomic E-state index is 0.145. The second-order valence-electron chi connectivity index (χ2n) is 4.99. The summed E-state index contributed by atoms with van der Waals surface area (Å²) in [4.78, 5) is 14.2. The third-order valence-corrected chi connectivity index (χ3v) is 3.83. The molecular weight excluding hydrogens is 284 g/mol. The third kappa shape index (κ3) is 3.99. The minimum Gasteiger partial charge on any atom is -0.370 e. The van der Waals surface area contributed by atoms with Gasteiger partial charge in [-0.2, -0.15) is 0 Å². The summed E-state index contributed by atoms with van der Waals surface area (Å²) >= 11 is 6.02. The van der Waals surface area contributed by atoms with Gasteiger partial charge in [-0.1, -0.05) is 41.9 Å². The Morgan fingerprint density at radius 2 is 1.76 bits per heavy atom. The molecule has 0 aromatic heterocycles. The van der Waals surface area contributed by atoms with Crippen molar-refractivity contribution in [3.05, 3.63) is 65.2 Å². The van der Waals surface area contributed by atoms with Crippen LogP contribution in [0.5, 0.6) is 0 Å². The van der Waals surface area contributed by atoms with E-state index in [-0.39, 0.29) is 11.9 Å². The molecule has 1 amide bonds. The summed E-state index contributed by atoms with van der Waals surface area (Å²) < 4.78 is 0. The first kappa shape index (κ1) is 15.4. The maximum atomic E-state index is 12.1. The highest BCUT2D eigenvalue weighted by Crippen LogP contribution is 2.16. The SMILES string of the molecule is C[C@H](CNC(=O)c1ccccc1Cl)N(C)c1ccccc1. The summed E-state index contributed by atoms with van der Waals surface area (Å²) in [6.07, 6.45) is 0. The molecule has 0 radical (unpaired) electrons. The number of hydrogen-bond donors (Lipinski definition) is 1. The maximum absolute atomic E-state index is 12.1. The van der Waals surface area contributed by atoms with Crippen molar-refractivity contribution in [1.82, 2.24) is 5.32 Å². The van der Waals surface area contributed by atoms with E-state index < -0.39 is 0 Å². The average Bonchev–Trinajstić information content (AvgIpc) is 2.52. The lowest BCUT2D eigenvalue weighted by Gasteiger charge is -2.27. The molecule has 0 saturated heterocycles. The van der Waals surface area contributed by atoms with Crippen molar-refractivity contribution >= 4 is 23.2 Å². The standard InChI is InChI=1S/C17H19ClN2O/c1-13(20(2)14-8-4-3-5-9-14)12-19-17(21)15-10-6-7-11-16(15)18/h3-11,13H,12H2,1-2H3,(H,19,21)/t13-/m1/s1. The Balaban J connectivity index is 1.94. The molecule has 110 valence electrons. The van der Waals surface area contributed by atoms with E-state index in [1.54, 1.807) is 18.2 Å². The highest BCUT2D eigenvalue weighted by molar-refractivity contribution is 6.33. The topological polar surface area (TPSA) is 32.3 Å². The molecule has 0 unspecified atom stereocenters. The molecule has 0 fully saturated rings. The van der Waals surface area contributed by atoms with Gasteiger partial charge in [-0.05, 0) is 31.2 Å². The van der Waals surface area contributed by atoms with E-state index in [1.807, 2.05) is 43.4 Å². The van der Waals surface area contributed by atoms with Crippen LogP contribution in [0.15, 0.2) is 54.6 Å². The van der Waals surface area contributed by atoms with Crippen molar-refractivity contribution in [1.29, 1.82) is 0 Å². The summed E-state index contributed by atoms with van der Waals surface area (Å²) in [5, 5.41) is 3.40. The zero-order valence-corrected chi connectivity index (χ0v) is 13.0. The van der Waals surface area contributed by atoms with Gasteiger partial charge in [-0.3, -0.25) is 4.79 Å². The quantitative estimate of drug-likeness (QED) is 0.915. The van der Waals surface area contributed by atoms with Crippen LogP contribution in [0.2, 0.25) is 5.02 Å². The lowest BCUT2D eigenvalue weighted by molar-refractivity contribution is 0.0952. The number of halogens is 1. The van der Waals surface area contributed by atoms with E-state index in [0.29, 0.717) is 17.1 Å². The molecule has 2 aromatic rings. The van der Waals surface area contributed by atoms with E-state index >= 15 is 0 Å². The van der Waals surface area contributed by atoms with Gasteiger partial charge in [-0.25, -0.2) is 0 Å². The first-order valence-electron chi connectivity index (χ1n) is 6.90. The zero-order valence-electron chi connectivity index (χ0n) is 12.2. The third-order valence-electron chi connectivity index (χ3n) is 3.50. The van der Waals surface area contributed by atoms with E-state index in [1.165, 1.54) is 0 Å². The van der Waals surface area contributed by atoms with Crippen LogP contribution in [0.1, 0.15) is 17.3 Å². The summed E-state index contributed by atoms with van der Waals surface area (Å²) in [7, 11) is 2.02. The van der Waals surface area contributed by atoms with Crippen LogP contribution in [0.4, 0.5) is 5.69 Å². The average molecular weight is 303 g/mol. The minimum atomic E-state index is -0.145. The van der Waals surface area contributed by atoms with Gasteiger partial charge in [0.05, 0.1) is 10.6 Å². The highest BCUT2D eigenvalue weighted by atomic mass is 35.5. The number of benzene rings is 2. The van der Waals surface area contributed by atoms with E-state index in [0.717, 1.165) is 5.69 Å². The van der Waals surface area contributed by atoms with Crippen LogP contribution < -0.4 is 10.2 Å². The predicted octanol–water partition coefficient (Wildman–Crippen LogP) is 3.59. The fourth-order valence-electron chi connectivity index (χ4n) is 2.04. The molecule has 0 bridgehead atoms. The number of para-hydroxylation sites is 1. The molecule has 0 saturated carbocycles. The Morgan fingerprint density at radius 3 is 2.43 bits per heavy atom. The van der Waals surface area contributed by atoms with Gasteiger partial charge in [0, 0.05) is 25.3 Å². The molecule has 3 nitrogen and oxygen atoms in total. The van der Waals surface area contributed by atoms with Gasteiger partial charge in [0.2, 0.25) is 0 Å². The summed E-state index contributed by atoms with van der Waals surface area (Å²) in [6, 6.07) is 17.3. The summed E-state index contributed by atoms with van der Waals surface area (Å²) in [5.74, 6) is -0.145. The van der Waals surface area contributed by atoms with Gasteiger partial charge in [-0.15, -0.1) is 0 Å². The van der Waals surface area contributed by atoms with Crippen LogP contribution in [0.3, 0.4) is 0 Å². The van der Waals surface area contributed by atoms with Gasteiger partial charge >= 0.3 is 0 Å². The molecule has 0 aliphatic rings. The fraction of sp³-hybridized carbons (Fsp3) is 0.235. The maximum Gasteiger partial charge on any atom is 0.252 e. The number of anilines is 1. The van der Waals surface area contributed by atoms with E-state index in [2.05, 4.69) is 17.1 Å². The second kappa shape index (κ2) is 7.14. The molecule has 0 heterocycles. The van der Waals surface area contributed by atoms with Crippen LogP contribution in [0, 0.1) is 0 Å². The van der Waals surface area contributed by atoms with Crippen LogP contribution >= 0.6 is 11.6 Å². The number of hydrogen-bond acceptors (Lipinski definition) is 2. The molecule has 0 spiro atoms. The molecule has 2 rings (SSSR count). The Morgan fingerprint density at radius 1 is 1.14 bits per heavy atom. The fourth-order valence-corrected chi connectivity index (χ4v) is 2.26. The van der Waals surface area contributed by atoms with Crippen LogP contribution in [-0.4, -0.2) is 25.5 Å². The van der Waals surface area contributed by atoms with Crippen molar-refractivity contribution in [2.75, 3.05) is 18.5 Å². The second-order valence-corrected chi connectivity index (χ2v) is 5.39. The van der Waals surface area contributed by atoms with Crippen molar-refractivity contribution in [3.63, 3.8) is 0 Å².